The molecule has 1 aromatic heterocycles. The van der Waals surface area contributed by atoms with Crippen LogP contribution in [0.5, 0.6) is 0 Å². The molecule has 0 atom stereocenters. The van der Waals surface area contributed by atoms with Crippen molar-refractivity contribution in [2.45, 2.75) is 39.3 Å². The number of anilines is 1. The lowest BCUT2D eigenvalue weighted by atomic mass is 10.0. The Kier molecular flexibility index (Phi) is 6.93. The molecule has 1 aromatic carbocycles. The highest BCUT2D eigenvalue weighted by atomic mass is 35.5. The van der Waals surface area contributed by atoms with Gasteiger partial charge in [0.25, 0.3) is 5.56 Å². The fourth-order valence-corrected chi connectivity index (χ4v) is 2.87. The Morgan fingerprint density at radius 2 is 2.00 bits per heavy atom. The molecule has 3 rings (SSSR count). The van der Waals surface area contributed by atoms with Crippen LogP contribution in [0.25, 0.3) is 10.9 Å². The van der Waals surface area contributed by atoms with Gasteiger partial charge in [0.15, 0.2) is 0 Å². The number of pyridine rings is 1. The first-order valence-electron chi connectivity index (χ1n) is 7.68. The van der Waals surface area contributed by atoms with Crippen molar-refractivity contribution < 1.29 is 0 Å². The van der Waals surface area contributed by atoms with E-state index in [0.717, 1.165) is 48.1 Å². The predicted molar refractivity (Wildman–Crippen MR) is 102 cm³/mol. The molecule has 23 heavy (non-hydrogen) atoms. The molecule has 6 heteroatoms. The van der Waals surface area contributed by atoms with Gasteiger partial charge in [-0.2, -0.15) is 0 Å². The third kappa shape index (κ3) is 4.00. The minimum atomic E-state index is 0. The summed E-state index contributed by atoms with van der Waals surface area (Å²) in [5.74, 6) is 0. The van der Waals surface area contributed by atoms with Crippen LogP contribution in [-0.2, 0) is 13.0 Å². The maximum absolute atomic E-state index is 12.2. The molecule has 0 saturated carbocycles. The van der Waals surface area contributed by atoms with Crippen molar-refractivity contribution in [3.05, 3.63) is 39.7 Å². The summed E-state index contributed by atoms with van der Waals surface area (Å²) in [7, 11) is 2.12. The molecular weight excluding hydrogens is 333 g/mol. The van der Waals surface area contributed by atoms with E-state index in [1.54, 1.807) is 0 Å². The van der Waals surface area contributed by atoms with Gasteiger partial charge in [-0.3, -0.25) is 9.69 Å². The van der Waals surface area contributed by atoms with E-state index in [2.05, 4.69) is 54.3 Å². The van der Waals surface area contributed by atoms with Crippen molar-refractivity contribution >= 4 is 41.4 Å². The number of aromatic amines is 1. The maximum Gasteiger partial charge on any atom is 0.253 e. The van der Waals surface area contributed by atoms with Crippen molar-refractivity contribution in [2.75, 3.05) is 18.9 Å². The number of H-pyrrole nitrogens is 1. The highest BCUT2D eigenvalue weighted by Gasteiger charge is 2.16. The fraction of sp³-hybridized carbons (Fsp3) is 0.471. The standard InChI is InChI=1S/C17H23N3O.2ClH/c1-11(2)20(3)10-12-6-7-13-15(9-12)19-17(21)14-5-4-8-18-16(13)14;;/h6-7,9,11,18H,4-5,8,10H2,1-3H3,(H,19,21);2*1H. The van der Waals surface area contributed by atoms with Crippen LogP contribution < -0.4 is 10.9 Å². The Bertz CT molecular complexity index is 728. The quantitative estimate of drug-likeness (QED) is 0.882. The molecule has 2 aromatic rings. The zero-order valence-corrected chi connectivity index (χ0v) is 15.4. The lowest BCUT2D eigenvalue weighted by Gasteiger charge is -2.22. The Hall–Kier alpha value is -1.23. The molecule has 0 spiro atoms. The van der Waals surface area contributed by atoms with Crippen LogP contribution in [-0.4, -0.2) is 29.5 Å². The number of nitrogens with one attached hydrogen (secondary N) is 2. The van der Waals surface area contributed by atoms with E-state index < -0.39 is 0 Å². The molecule has 0 aliphatic carbocycles. The number of nitrogens with zero attached hydrogens (tertiary/aromatic N) is 1. The smallest absolute Gasteiger partial charge is 0.253 e. The van der Waals surface area contributed by atoms with E-state index in [-0.39, 0.29) is 30.4 Å². The highest BCUT2D eigenvalue weighted by molar-refractivity contribution is 5.93. The first kappa shape index (κ1) is 19.8. The Labute approximate surface area is 149 Å². The number of hydrogen-bond acceptors (Lipinski definition) is 3. The summed E-state index contributed by atoms with van der Waals surface area (Å²) in [4.78, 5) is 17.5. The summed E-state index contributed by atoms with van der Waals surface area (Å²) in [5.41, 5.74) is 4.15. The topological polar surface area (TPSA) is 48.1 Å². The van der Waals surface area contributed by atoms with Crippen LogP contribution >= 0.6 is 24.8 Å². The van der Waals surface area contributed by atoms with E-state index in [0.29, 0.717) is 6.04 Å². The van der Waals surface area contributed by atoms with Gasteiger partial charge in [0.1, 0.15) is 0 Å². The molecule has 1 aliphatic heterocycles. The molecule has 0 amide bonds. The first-order chi connectivity index (χ1) is 10.1. The zero-order chi connectivity index (χ0) is 15.0. The zero-order valence-electron chi connectivity index (χ0n) is 13.8. The Balaban J connectivity index is 0.00000132. The number of fused-ring (bicyclic) bond motifs is 3. The number of benzene rings is 1. The van der Waals surface area contributed by atoms with Gasteiger partial charge in [-0.25, -0.2) is 0 Å². The summed E-state index contributed by atoms with van der Waals surface area (Å²) in [6.07, 6.45) is 1.89. The van der Waals surface area contributed by atoms with Gasteiger partial charge in [-0.05, 0) is 45.4 Å². The van der Waals surface area contributed by atoms with Crippen molar-refractivity contribution in [2.24, 2.45) is 0 Å². The van der Waals surface area contributed by atoms with E-state index in [4.69, 9.17) is 0 Å². The van der Waals surface area contributed by atoms with Crippen LogP contribution in [0.15, 0.2) is 23.0 Å². The molecule has 0 fully saturated rings. The third-order valence-corrected chi connectivity index (χ3v) is 4.40. The number of halogens is 2. The van der Waals surface area contributed by atoms with E-state index >= 15 is 0 Å². The molecule has 2 heterocycles. The van der Waals surface area contributed by atoms with Crippen LogP contribution in [0.4, 0.5) is 5.69 Å². The van der Waals surface area contributed by atoms with Crippen LogP contribution in [0.3, 0.4) is 0 Å². The predicted octanol–water partition coefficient (Wildman–Crippen LogP) is 3.57. The maximum atomic E-state index is 12.2. The molecule has 0 radical (unpaired) electrons. The monoisotopic (exact) mass is 357 g/mol. The van der Waals surface area contributed by atoms with Crippen molar-refractivity contribution in [1.29, 1.82) is 0 Å². The molecule has 0 unspecified atom stereocenters. The lowest BCUT2D eigenvalue weighted by Crippen LogP contribution is -2.25. The van der Waals surface area contributed by atoms with Crippen molar-refractivity contribution in [1.82, 2.24) is 9.88 Å². The highest BCUT2D eigenvalue weighted by Crippen LogP contribution is 2.28. The fourth-order valence-electron chi connectivity index (χ4n) is 2.87. The SMILES string of the molecule is CC(C)N(C)Cc1ccc2c3c(c(=O)[nH]c2c1)CCCN3.Cl.Cl. The second-order valence-electron chi connectivity index (χ2n) is 6.23. The molecule has 0 bridgehead atoms. The van der Waals surface area contributed by atoms with E-state index in [9.17, 15) is 4.79 Å². The van der Waals surface area contributed by atoms with Gasteiger partial charge in [0.2, 0.25) is 0 Å². The third-order valence-electron chi connectivity index (χ3n) is 4.40. The number of rotatable bonds is 3. The molecule has 2 N–H and O–H groups in total. The normalized spacial score (nSPS) is 13.3. The van der Waals surface area contributed by atoms with Crippen molar-refractivity contribution in [3.8, 4) is 0 Å². The molecular formula is C17H25Cl2N3O. The summed E-state index contributed by atoms with van der Waals surface area (Å²) in [6, 6.07) is 6.90. The molecule has 128 valence electrons. The molecule has 0 saturated heterocycles. The second-order valence-corrected chi connectivity index (χ2v) is 6.23. The van der Waals surface area contributed by atoms with Gasteiger partial charge in [-0.1, -0.05) is 12.1 Å². The second kappa shape index (κ2) is 8.04. The van der Waals surface area contributed by atoms with Crippen molar-refractivity contribution in [3.63, 3.8) is 0 Å². The van der Waals surface area contributed by atoms with E-state index in [1.165, 1.54) is 5.56 Å². The summed E-state index contributed by atoms with van der Waals surface area (Å²) >= 11 is 0. The van der Waals surface area contributed by atoms with Gasteiger partial charge < -0.3 is 10.3 Å². The van der Waals surface area contributed by atoms with Crippen LogP contribution in [0.1, 0.15) is 31.4 Å². The minimum Gasteiger partial charge on any atom is -0.384 e. The number of aromatic nitrogens is 1. The lowest BCUT2D eigenvalue weighted by molar-refractivity contribution is 0.266. The summed E-state index contributed by atoms with van der Waals surface area (Å²) < 4.78 is 0. The van der Waals surface area contributed by atoms with Crippen LogP contribution in [0, 0.1) is 0 Å². The number of hydrogen-bond donors (Lipinski definition) is 2. The van der Waals surface area contributed by atoms with Crippen LogP contribution in [0.2, 0.25) is 0 Å². The average Bonchev–Trinajstić information content (AvgIpc) is 2.47. The van der Waals surface area contributed by atoms with Gasteiger partial charge in [0, 0.05) is 30.1 Å². The summed E-state index contributed by atoms with van der Waals surface area (Å²) in [5, 5.41) is 4.52. The Morgan fingerprint density at radius 1 is 1.26 bits per heavy atom. The summed E-state index contributed by atoms with van der Waals surface area (Å²) in [6.45, 7) is 6.20. The van der Waals surface area contributed by atoms with Gasteiger partial charge in [-0.15, -0.1) is 24.8 Å². The largest absolute Gasteiger partial charge is 0.384 e. The molecule has 4 nitrogen and oxygen atoms in total. The Morgan fingerprint density at radius 3 is 2.70 bits per heavy atom. The minimum absolute atomic E-state index is 0. The van der Waals surface area contributed by atoms with Gasteiger partial charge in [0.05, 0.1) is 11.2 Å². The average molecular weight is 358 g/mol. The van der Waals surface area contributed by atoms with Gasteiger partial charge >= 0.3 is 0 Å². The first-order valence-corrected chi connectivity index (χ1v) is 7.68. The molecule has 1 aliphatic rings. The van der Waals surface area contributed by atoms with E-state index in [1.807, 2.05) is 0 Å².